The van der Waals surface area contributed by atoms with Crippen LogP contribution in [-0.4, -0.2) is 49.4 Å². The predicted octanol–water partition coefficient (Wildman–Crippen LogP) is 4.61. The van der Waals surface area contributed by atoms with Gasteiger partial charge in [0.15, 0.2) is 5.65 Å². The first kappa shape index (κ1) is 21.4. The Labute approximate surface area is 200 Å². The highest BCUT2D eigenvalue weighted by molar-refractivity contribution is 6.30. The summed E-state index contributed by atoms with van der Waals surface area (Å²) in [6, 6.07) is 5.06. The highest BCUT2D eigenvalue weighted by Gasteiger charge is 2.29. The molecule has 1 aliphatic carbocycles. The molecule has 4 aromatic rings. The monoisotopic (exact) mass is 479 g/mol. The van der Waals surface area contributed by atoms with Crippen molar-refractivity contribution in [2.24, 2.45) is 0 Å². The lowest BCUT2D eigenvalue weighted by Gasteiger charge is -2.32. The number of hydrogen-bond donors (Lipinski definition) is 0. The number of aromatic nitrogens is 6. The molecule has 1 aromatic carbocycles. The molecule has 0 amide bonds. The van der Waals surface area contributed by atoms with E-state index in [1.807, 2.05) is 24.7 Å². The molecule has 2 fully saturated rings. The summed E-state index contributed by atoms with van der Waals surface area (Å²) in [5.74, 6) is 0.00288. The Bertz CT molecular complexity index is 1400. The highest BCUT2D eigenvalue weighted by atomic mass is 35.5. The first-order valence-corrected chi connectivity index (χ1v) is 11.7. The minimum Gasteiger partial charge on any atom is -0.370 e. The molecular weight excluding hydrogens is 457 g/mol. The lowest BCUT2D eigenvalue weighted by atomic mass is 10.1. The number of rotatable bonds is 4. The summed E-state index contributed by atoms with van der Waals surface area (Å²) in [5.41, 5.74) is 4.16. The molecule has 0 radical (unpaired) electrons. The van der Waals surface area contributed by atoms with Gasteiger partial charge in [0, 0.05) is 28.9 Å². The van der Waals surface area contributed by atoms with Crippen LogP contribution in [0.4, 0.5) is 10.3 Å². The first-order chi connectivity index (χ1) is 16.5. The van der Waals surface area contributed by atoms with Crippen LogP contribution in [0.15, 0.2) is 30.6 Å². The van der Waals surface area contributed by atoms with E-state index in [-0.39, 0.29) is 6.10 Å². The van der Waals surface area contributed by atoms with Gasteiger partial charge in [0.2, 0.25) is 5.95 Å². The maximum absolute atomic E-state index is 14.9. The fourth-order valence-corrected chi connectivity index (χ4v) is 4.36. The number of benzene rings is 1. The smallest absolute Gasteiger partial charge is 0.228 e. The molecule has 4 heterocycles. The van der Waals surface area contributed by atoms with E-state index in [4.69, 9.17) is 26.3 Å². The molecule has 6 rings (SSSR count). The van der Waals surface area contributed by atoms with E-state index < -0.39 is 5.82 Å². The SMILES string of the molecule is Cc1nc2nc(N3CCO[C@H](c4cnn(C5CC5)c4)C3)nc(-c3ccc(Cl)cc3F)c2nc1C. The zero-order valence-corrected chi connectivity index (χ0v) is 19.6. The fourth-order valence-electron chi connectivity index (χ4n) is 4.20. The minimum atomic E-state index is -0.467. The molecule has 1 saturated carbocycles. The first-order valence-electron chi connectivity index (χ1n) is 11.4. The highest BCUT2D eigenvalue weighted by Crippen LogP contribution is 2.36. The Kier molecular flexibility index (Phi) is 5.18. The van der Waals surface area contributed by atoms with Gasteiger partial charge in [0.05, 0.1) is 36.8 Å². The molecule has 3 aromatic heterocycles. The normalized spacial score (nSPS) is 18.6. The molecule has 34 heavy (non-hydrogen) atoms. The molecular formula is C24H23ClFN7O. The third kappa shape index (κ3) is 3.88. The van der Waals surface area contributed by atoms with Crippen molar-refractivity contribution < 1.29 is 9.13 Å². The van der Waals surface area contributed by atoms with E-state index in [1.165, 1.54) is 18.9 Å². The third-order valence-corrected chi connectivity index (χ3v) is 6.62. The van der Waals surface area contributed by atoms with Gasteiger partial charge in [-0.05, 0) is 44.9 Å². The molecule has 1 saturated heterocycles. The minimum absolute atomic E-state index is 0.151. The second-order valence-corrected chi connectivity index (χ2v) is 9.29. The van der Waals surface area contributed by atoms with Crippen LogP contribution >= 0.6 is 11.6 Å². The number of aryl methyl sites for hydroxylation is 2. The van der Waals surface area contributed by atoms with E-state index in [0.717, 1.165) is 17.0 Å². The van der Waals surface area contributed by atoms with Crippen molar-refractivity contribution in [2.75, 3.05) is 24.6 Å². The fraction of sp³-hybridized carbons (Fsp3) is 0.375. The van der Waals surface area contributed by atoms with Crippen LogP contribution in [-0.2, 0) is 4.74 Å². The molecule has 10 heteroatoms. The summed E-state index contributed by atoms with van der Waals surface area (Å²) in [6.07, 6.45) is 6.14. The summed E-state index contributed by atoms with van der Waals surface area (Å²) >= 11 is 5.99. The van der Waals surface area contributed by atoms with Crippen LogP contribution in [0.5, 0.6) is 0 Å². The third-order valence-electron chi connectivity index (χ3n) is 6.38. The summed E-state index contributed by atoms with van der Waals surface area (Å²) in [7, 11) is 0. The van der Waals surface area contributed by atoms with Crippen molar-refractivity contribution >= 4 is 28.7 Å². The Morgan fingerprint density at radius 2 is 1.91 bits per heavy atom. The summed E-state index contributed by atoms with van der Waals surface area (Å²) in [4.78, 5) is 20.8. The Morgan fingerprint density at radius 3 is 2.71 bits per heavy atom. The van der Waals surface area contributed by atoms with Crippen LogP contribution in [0, 0.1) is 19.7 Å². The number of halogens is 2. The van der Waals surface area contributed by atoms with Crippen LogP contribution in [0.1, 0.15) is 41.9 Å². The van der Waals surface area contributed by atoms with Gasteiger partial charge >= 0.3 is 0 Å². The number of hydrogen-bond acceptors (Lipinski definition) is 7. The van der Waals surface area contributed by atoms with Gasteiger partial charge in [-0.3, -0.25) is 4.68 Å². The molecule has 2 aliphatic rings. The number of ether oxygens (including phenoxy) is 1. The molecule has 0 N–H and O–H groups in total. The summed E-state index contributed by atoms with van der Waals surface area (Å²) in [6.45, 7) is 5.44. The van der Waals surface area contributed by atoms with Crippen molar-refractivity contribution in [1.82, 2.24) is 29.7 Å². The van der Waals surface area contributed by atoms with Gasteiger partial charge in [-0.1, -0.05) is 11.6 Å². The van der Waals surface area contributed by atoms with E-state index in [9.17, 15) is 4.39 Å². The van der Waals surface area contributed by atoms with E-state index in [0.29, 0.717) is 59.1 Å². The van der Waals surface area contributed by atoms with Crippen LogP contribution in [0.25, 0.3) is 22.4 Å². The van der Waals surface area contributed by atoms with E-state index in [1.54, 1.807) is 12.1 Å². The number of fused-ring (bicyclic) bond motifs is 1. The van der Waals surface area contributed by atoms with Crippen LogP contribution in [0.3, 0.4) is 0 Å². The van der Waals surface area contributed by atoms with Crippen LogP contribution in [0.2, 0.25) is 5.02 Å². The molecule has 174 valence electrons. The maximum Gasteiger partial charge on any atom is 0.228 e. The number of anilines is 1. The van der Waals surface area contributed by atoms with Gasteiger partial charge in [-0.2, -0.15) is 10.1 Å². The average Bonchev–Trinajstić information content (AvgIpc) is 3.56. The zero-order valence-electron chi connectivity index (χ0n) is 18.9. The van der Waals surface area contributed by atoms with Crippen molar-refractivity contribution in [3.05, 3.63) is 58.4 Å². The molecule has 0 unspecified atom stereocenters. The van der Waals surface area contributed by atoms with E-state index >= 15 is 0 Å². The molecule has 0 spiro atoms. The maximum atomic E-state index is 14.9. The van der Waals surface area contributed by atoms with Gasteiger partial charge in [0.25, 0.3) is 0 Å². The molecule has 8 nitrogen and oxygen atoms in total. The number of nitrogens with zero attached hydrogens (tertiary/aromatic N) is 7. The lowest BCUT2D eigenvalue weighted by molar-refractivity contribution is 0.0392. The molecule has 1 aliphatic heterocycles. The zero-order chi connectivity index (χ0) is 23.4. The standard InChI is InChI=1S/C24H23ClFN7O/c1-13-14(2)29-23-22(28-13)21(18-6-3-16(25)9-19(18)26)30-24(31-23)32-7-8-34-20(12-32)15-10-27-33(11-15)17-4-5-17/h3,6,9-11,17,20H,4-5,7-8,12H2,1-2H3/t20-/m0/s1. The Hall–Kier alpha value is -3.17. The van der Waals surface area contributed by atoms with Crippen molar-refractivity contribution in [3.8, 4) is 11.3 Å². The van der Waals surface area contributed by atoms with Gasteiger partial charge in [0.1, 0.15) is 23.1 Å². The lowest BCUT2D eigenvalue weighted by Crippen LogP contribution is -2.39. The van der Waals surface area contributed by atoms with Gasteiger partial charge in [-0.25, -0.2) is 19.3 Å². The van der Waals surface area contributed by atoms with E-state index in [2.05, 4.69) is 26.2 Å². The quantitative estimate of drug-likeness (QED) is 0.423. The molecule has 1 atom stereocenters. The van der Waals surface area contributed by atoms with Gasteiger partial charge < -0.3 is 9.64 Å². The van der Waals surface area contributed by atoms with Crippen molar-refractivity contribution in [3.63, 3.8) is 0 Å². The number of morpholine rings is 1. The summed E-state index contributed by atoms with van der Waals surface area (Å²) in [5, 5.41) is 4.82. The summed E-state index contributed by atoms with van der Waals surface area (Å²) < 4.78 is 23.0. The largest absolute Gasteiger partial charge is 0.370 e. The van der Waals surface area contributed by atoms with Crippen molar-refractivity contribution in [1.29, 1.82) is 0 Å². The molecule has 0 bridgehead atoms. The predicted molar refractivity (Wildman–Crippen MR) is 126 cm³/mol. The second kappa shape index (κ2) is 8.25. The second-order valence-electron chi connectivity index (χ2n) is 8.85. The topological polar surface area (TPSA) is 81.9 Å². The Morgan fingerprint density at radius 1 is 1.09 bits per heavy atom. The van der Waals surface area contributed by atoms with Crippen LogP contribution < -0.4 is 4.90 Å². The Balaban J connectivity index is 1.41. The van der Waals surface area contributed by atoms with Crippen molar-refractivity contribution in [2.45, 2.75) is 38.8 Å². The average molecular weight is 480 g/mol. The van der Waals surface area contributed by atoms with Gasteiger partial charge in [-0.15, -0.1) is 0 Å².